The molecular formula is C4H7O4S. The predicted molar refractivity (Wildman–Crippen MR) is 31.1 cm³/mol. The molecule has 0 aliphatic carbocycles. The van der Waals surface area contributed by atoms with E-state index < -0.39 is 10.1 Å². The molecule has 0 bridgehead atoms. The van der Waals surface area contributed by atoms with Crippen LogP contribution in [0.1, 0.15) is 6.42 Å². The van der Waals surface area contributed by atoms with E-state index in [4.69, 9.17) is 0 Å². The first-order chi connectivity index (χ1) is 4.12. The zero-order valence-electron chi connectivity index (χ0n) is 4.96. The Hall–Kier alpha value is -0.420. The third-order valence-electron chi connectivity index (χ3n) is 0.708. The van der Waals surface area contributed by atoms with Crippen molar-refractivity contribution < 1.29 is 17.4 Å². The van der Waals surface area contributed by atoms with E-state index in [-0.39, 0.29) is 12.2 Å². The molecule has 0 aliphatic heterocycles. The molecule has 0 aromatic carbocycles. The highest BCUT2D eigenvalue weighted by Gasteiger charge is 2.06. The van der Waals surface area contributed by atoms with Crippen LogP contribution in [0.15, 0.2) is 0 Å². The smallest absolute Gasteiger partial charge is 0.267 e. The fourth-order valence-corrected chi connectivity index (χ4v) is 0.750. The average Bonchev–Trinajstić information content (AvgIpc) is 1.84. The molecule has 0 N–H and O–H groups in total. The molecule has 1 radical (unpaired) electrons. The summed E-state index contributed by atoms with van der Waals surface area (Å²) < 4.78 is 24.7. The van der Waals surface area contributed by atoms with Gasteiger partial charge in [-0.15, -0.1) is 0 Å². The number of hydrogen-bond donors (Lipinski definition) is 0. The van der Waals surface area contributed by atoms with Gasteiger partial charge in [0.1, 0.15) is 0 Å². The van der Waals surface area contributed by atoms with Gasteiger partial charge < -0.3 is 0 Å². The zero-order valence-corrected chi connectivity index (χ0v) is 5.77. The van der Waals surface area contributed by atoms with Crippen molar-refractivity contribution in [3.05, 3.63) is 0 Å². The average molecular weight is 151 g/mol. The second kappa shape index (κ2) is 3.58. The Morgan fingerprint density at radius 3 is 2.44 bits per heavy atom. The van der Waals surface area contributed by atoms with Crippen LogP contribution in [0.2, 0.25) is 0 Å². The summed E-state index contributed by atoms with van der Waals surface area (Å²) in [6.07, 6.45) is 1.32. The van der Waals surface area contributed by atoms with E-state index in [1.54, 1.807) is 0 Å². The van der Waals surface area contributed by atoms with Gasteiger partial charge in [0, 0.05) is 6.42 Å². The van der Waals surface area contributed by atoms with Gasteiger partial charge in [-0.1, -0.05) is 0 Å². The first-order valence-electron chi connectivity index (χ1n) is 2.25. The van der Waals surface area contributed by atoms with Crippen LogP contribution in [-0.4, -0.2) is 27.6 Å². The quantitative estimate of drug-likeness (QED) is 0.506. The zero-order chi connectivity index (χ0) is 7.33. The standard InChI is InChI=1S/C4H7O4S/c1-8-9(6,7)4-2-3-5/h2,4H2,1H3. The molecule has 0 heterocycles. The molecule has 0 amide bonds. The summed E-state index contributed by atoms with van der Waals surface area (Å²) in [5.74, 6) is -0.285. The largest absolute Gasteiger partial charge is 0.291 e. The fourth-order valence-electron chi connectivity index (χ4n) is 0.250. The molecule has 0 saturated carbocycles. The highest BCUT2D eigenvalue weighted by molar-refractivity contribution is 7.86. The maximum absolute atomic E-state index is 10.4. The molecule has 53 valence electrons. The molecule has 0 aliphatic rings. The number of rotatable bonds is 4. The normalized spacial score (nSPS) is 11.2. The Morgan fingerprint density at radius 2 is 2.11 bits per heavy atom. The van der Waals surface area contributed by atoms with E-state index in [9.17, 15) is 13.2 Å². The summed E-state index contributed by atoms with van der Waals surface area (Å²) in [5, 5.41) is 0. The monoisotopic (exact) mass is 151 g/mol. The van der Waals surface area contributed by atoms with Crippen LogP contribution in [0.4, 0.5) is 0 Å². The summed E-state index contributed by atoms with van der Waals surface area (Å²) in [6, 6.07) is 0. The van der Waals surface area contributed by atoms with Crippen molar-refractivity contribution in [2.75, 3.05) is 12.9 Å². The molecular weight excluding hydrogens is 144 g/mol. The minimum Gasteiger partial charge on any atom is -0.291 e. The van der Waals surface area contributed by atoms with Crippen LogP contribution < -0.4 is 0 Å². The predicted octanol–water partition coefficient (Wildman–Crippen LogP) is -0.538. The van der Waals surface area contributed by atoms with Gasteiger partial charge in [0.05, 0.1) is 12.9 Å². The molecule has 4 nitrogen and oxygen atoms in total. The molecule has 0 spiro atoms. The molecule has 0 aromatic rings. The SMILES string of the molecule is COS(=O)(=O)CC[C]=O. The highest BCUT2D eigenvalue weighted by Crippen LogP contribution is 1.90. The van der Waals surface area contributed by atoms with Crippen molar-refractivity contribution in [2.45, 2.75) is 6.42 Å². The van der Waals surface area contributed by atoms with Gasteiger partial charge in [0.15, 0.2) is 6.29 Å². The Morgan fingerprint density at radius 1 is 1.56 bits per heavy atom. The lowest BCUT2D eigenvalue weighted by Gasteiger charge is -1.93. The Bertz CT molecular complexity index is 169. The van der Waals surface area contributed by atoms with Crippen LogP contribution in [0, 0.1) is 0 Å². The van der Waals surface area contributed by atoms with Crippen molar-refractivity contribution in [1.29, 1.82) is 0 Å². The van der Waals surface area contributed by atoms with Gasteiger partial charge in [-0.25, -0.2) is 0 Å². The molecule has 0 aromatic heterocycles. The molecule has 0 rings (SSSR count). The van der Waals surface area contributed by atoms with Crippen molar-refractivity contribution in [3.8, 4) is 0 Å². The van der Waals surface area contributed by atoms with Gasteiger partial charge in [-0.2, -0.15) is 8.42 Å². The molecule has 0 atom stereocenters. The Labute approximate surface area is 53.9 Å². The second-order valence-corrected chi connectivity index (χ2v) is 3.18. The first kappa shape index (κ1) is 8.58. The van der Waals surface area contributed by atoms with Gasteiger partial charge in [-0.05, 0) is 0 Å². The maximum Gasteiger partial charge on any atom is 0.267 e. The van der Waals surface area contributed by atoms with Crippen LogP contribution in [0.3, 0.4) is 0 Å². The number of hydrogen-bond acceptors (Lipinski definition) is 4. The van der Waals surface area contributed by atoms with E-state index in [0.29, 0.717) is 0 Å². The lowest BCUT2D eigenvalue weighted by atomic mass is 10.6. The van der Waals surface area contributed by atoms with Gasteiger partial charge >= 0.3 is 0 Å². The molecule has 5 heteroatoms. The minimum atomic E-state index is -3.44. The summed E-state index contributed by atoms with van der Waals surface area (Å²) in [7, 11) is -2.39. The van der Waals surface area contributed by atoms with E-state index in [1.165, 1.54) is 6.29 Å². The van der Waals surface area contributed by atoms with Crippen LogP contribution in [-0.2, 0) is 19.1 Å². The van der Waals surface area contributed by atoms with E-state index in [1.807, 2.05) is 0 Å². The van der Waals surface area contributed by atoms with E-state index in [2.05, 4.69) is 4.18 Å². The number of carbonyl (C=O) groups excluding carboxylic acids is 1. The second-order valence-electron chi connectivity index (χ2n) is 1.32. The molecule has 0 unspecified atom stereocenters. The van der Waals surface area contributed by atoms with Crippen LogP contribution in [0.25, 0.3) is 0 Å². The third-order valence-corrected chi connectivity index (χ3v) is 1.92. The van der Waals surface area contributed by atoms with Crippen molar-refractivity contribution in [1.82, 2.24) is 0 Å². The maximum atomic E-state index is 10.4. The molecule has 0 saturated heterocycles. The molecule has 0 fully saturated rings. The van der Waals surface area contributed by atoms with Crippen LogP contribution >= 0.6 is 0 Å². The summed E-state index contributed by atoms with van der Waals surface area (Å²) >= 11 is 0. The Kier molecular flexibility index (Phi) is 3.41. The lowest BCUT2D eigenvalue weighted by molar-refractivity contribution is 0.398. The fraction of sp³-hybridized carbons (Fsp3) is 0.750. The van der Waals surface area contributed by atoms with E-state index >= 15 is 0 Å². The van der Waals surface area contributed by atoms with Crippen LogP contribution in [0.5, 0.6) is 0 Å². The summed E-state index contributed by atoms with van der Waals surface area (Å²) in [6.45, 7) is 0. The topological polar surface area (TPSA) is 60.4 Å². The minimum absolute atomic E-state index is 0.129. The van der Waals surface area contributed by atoms with E-state index in [0.717, 1.165) is 7.11 Å². The van der Waals surface area contributed by atoms with Crippen molar-refractivity contribution in [3.63, 3.8) is 0 Å². The van der Waals surface area contributed by atoms with Gasteiger partial charge in [0.2, 0.25) is 0 Å². The third kappa shape index (κ3) is 4.11. The van der Waals surface area contributed by atoms with Gasteiger partial charge in [-0.3, -0.25) is 8.98 Å². The molecule has 9 heavy (non-hydrogen) atoms. The van der Waals surface area contributed by atoms with Crippen molar-refractivity contribution in [2.24, 2.45) is 0 Å². The lowest BCUT2D eigenvalue weighted by Crippen LogP contribution is -2.07. The van der Waals surface area contributed by atoms with Crippen molar-refractivity contribution >= 4 is 16.4 Å². The first-order valence-corrected chi connectivity index (χ1v) is 3.83. The highest BCUT2D eigenvalue weighted by atomic mass is 32.2. The Balaban J connectivity index is 3.74. The summed E-state index contributed by atoms with van der Waals surface area (Å²) in [5.41, 5.74) is 0. The van der Waals surface area contributed by atoms with Gasteiger partial charge in [0.25, 0.3) is 10.1 Å². The summed E-state index contributed by atoms with van der Waals surface area (Å²) in [4.78, 5) is 9.52.